The lowest BCUT2D eigenvalue weighted by Crippen LogP contribution is -2.54. The third-order valence-corrected chi connectivity index (χ3v) is 3.63. The molecule has 0 aliphatic carbocycles. The number of carbonyl (C=O) groups excluding carboxylic acids is 1. The zero-order valence-electron chi connectivity index (χ0n) is 8.84. The standard InChI is InChI=1S/C9H12F3NO3S/c10-9(11,12)2-1-6(14)13-8(7(15)16)3-4-17-5-8/h1-5H2,(H,13,14)(H,15,16). The number of carboxylic acids is 1. The van der Waals surface area contributed by atoms with Crippen molar-refractivity contribution < 1.29 is 27.9 Å². The highest BCUT2D eigenvalue weighted by Crippen LogP contribution is 2.29. The molecule has 4 nitrogen and oxygen atoms in total. The molecule has 1 amide bonds. The number of aliphatic carboxylic acids is 1. The van der Waals surface area contributed by atoms with Crippen LogP contribution in [0, 0.1) is 0 Å². The molecule has 0 aromatic carbocycles. The molecule has 0 aromatic heterocycles. The zero-order chi connectivity index (χ0) is 13.1. The summed E-state index contributed by atoms with van der Waals surface area (Å²) in [6, 6.07) is 0. The lowest BCUT2D eigenvalue weighted by atomic mass is 9.99. The molecule has 1 aliphatic rings. The van der Waals surface area contributed by atoms with Gasteiger partial charge in [-0.2, -0.15) is 24.9 Å². The van der Waals surface area contributed by atoms with Gasteiger partial charge in [0.2, 0.25) is 5.91 Å². The second-order valence-electron chi connectivity index (χ2n) is 3.85. The van der Waals surface area contributed by atoms with Crippen molar-refractivity contribution in [2.45, 2.75) is 31.0 Å². The van der Waals surface area contributed by atoms with Crippen LogP contribution in [0.3, 0.4) is 0 Å². The van der Waals surface area contributed by atoms with Crippen molar-refractivity contribution in [3.63, 3.8) is 0 Å². The number of thioether (sulfide) groups is 1. The number of halogens is 3. The summed E-state index contributed by atoms with van der Waals surface area (Å²) in [4.78, 5) is 22.3. The summed E-state index contributed by atoms with van der Waals surface area (Å²) in [7, 11) is 0. The van der Waals surface area contributed by atoms with Gasteiger partial charge in [-0.3, -0.25) is 4.79 Å². The van der Waals surface area contributed by atoms with Crippen LogP contribution in [0.15, 0.2) is 0 Å². The second kappa shape index (κ2) is 5.16. The third-order valence-electron chi connectivity index (χ3n) is 2.45. The Kier molecular flexibility index (Phi) is 4.29. The number of hydrogen-bond acceptors (Lipinski definition) is 3. The smallest absolute Gasteiger partial charge is 0.389 e. The van der Waals surface area contributed by atoms with Crippen molar-refractivity contribution in [2.75, 3.05) is 11.5 Å². The highest BCUT2D eigenvalue weighted by atomic mass is 32.2. The number of carboxylic acid groups (broad SMARTS) is 1. The summed E-state index contributed by atoms with van der Waals surface area (Å²) in [5, 5.41) is 11.2. The summed E-state index contributed by atoms with van der Waals surface area (Å²) in [5.74, 6) is -1.29. The first kappa shape index (κ1) is 14.1. The molecule has 8 heteroatoms. The minimum atomic E-state index is -4.40. The van der Waals surface area contributed by atoms with Crippen LogP contribution in [0.2, 0.25) is 0 Å². The van der Waals surface area contributed by atoms with Crippen LogP contribution in [-0.2, 0) is 9.59 Å². The fourth-order valence-electron chi connectivity index (χ4n) is 1.47. The molecular formula is C9H12F3NO3S. The largest absolute Gasteiger partial charge is 0.479 e. The van der Waals surface area contributed by atoms with Gasteiger partial charge in [-0.25, -0.2) is 4.79 Å². The first-order chi connectivity index (χ1) is 7.75. The highest BCUT2D eigenvalue weighted by molar-refractivity contribution is 7.99. The van der Waals surface area contributed by atoms with Gasteiger partial charge in [0.25, 0.3) is 0 Å². The number of nitrogens with one attached hydrogen (secondary N) is 1. The van der Waals surface area contributed by atoms with Crippen molar-refractivity contribution in [3.05, 3.63) is 0 Å². The second-order valence-corrected chi connectivity index (χ2v) is 4.96. The molecule has 1 saturated heterocycles. The fourth-order valence-corrected chi connectivity index (χ4v) is 2.80. The molecule has 17 heavy (non-hydrogen) atoms. The normalized spacial score (nSPS) is 24.6. The van der Waals surface area contributed by atoms with E-state index in [-0.39, 0.29) is 12.2 Å². The average molecular weight is 271 g/mol. The Hall–Kier alpha value is -0.920. The highest BCUT2D eigenvalue weighted by Gasteiger charge is 2.43. The van der Waals surface area contributed by atoms with E-state index in [1.165, 1.54) is 11.8 Å². The molecule has 0 saturated carbocycles. The molecule has 1 unspecified atom stereocenters. The van der Waals surface area contributed by atoms with Crippen molar-refractivity contribution in [2.24, 2.45) is 0 Å². The zero-order valence-corrected chi connectivity index (χ0v) is 9.66. The molecule has 1 heterocycles. The molecule has 2 N–H and O–H groups in total. The van der Waals surface area contributed by atoms with E-state index >= 15 is 0 Å². The van der Waals surface area contributed by atoms with Crippen LogP contribution < -0.4 is 5.32 Å². The Balaban J connectivity index is 2.51. The topological polar surface area (TPSA) is 66.4 Å². The number of carbonyl (C=O) groups is 2. The minimum Gasteiger partial charge on any atom is -0.479 e. The van der Waals surface area contributed by atoms with Crippen LogP contribution in [0.4, 0.5) is 13.2 Å². The van der Waals surface area contributed by atoms with Crippen molar-refractivity contribution >= 4 is 23.6 Å². The van der Waals surface area contributed by atoms with E-state index in [1.807, 2.05) is 0 Å². The molecule has 1 atom stereocenters. The van der Waals surface area contributed by atoms with E-state index in [2.05, 4.69) is 5.32 Å². The summed E-state index contributed by atoms with van der Waals surface area (Å²) in [6.07, 6.45) is -6.13. The van der Waals surface area contributed by atoms with Crippen LogP contribution >= 0.6 is 11.8 Å². The van der Waals surface area contributed by atoms with Crippen LogP contribution in [0.1, 0.15) is 19.3 Å². The molecule has 0 radical (unpaired) electrons. The predicted octanol–water partition coefficient (Wildman–Crippen LogP) is 1.41. The maximum Gasteiger partial charge on any atom is 0.389 e. The number of rotatable bonds is 4. The Morgan fingerprint density at radius 1 is 1.41 bits per heavy atom. The fraction of sp³-hybridized carbons (Fsp3) is 0.778. The summed E-state index contributed by atoms with van der Waals surface area (Å²) >= 11 is 1.36. The van der Waals surface area contributed by atoms with Gasteiger partial charge in [0.1, 0.15) is 5.54 Å². The third kappa shape index (κ3) is 4.10. The van der Waals surface area contributed by atoms with E-state index < -0.39 is 36.4 Å². The molecule has 98 valence electrons. The first-order valence-electron chi connectivity index (χ1n) is 4.94. The van der Waals surface area contributed by atoms with Gasteiger partial charge in [0, 0.05) is 12.2 Å². The Labute approximate surface area is 99.9 Å². The van der Waals surface area contributed by atoms with Gasteiger partial charge in [0.05, 0.1) is 6.42 Å². The minimum absolute atomic E-state index is 0.195. The monoisotopic (exact) mass is 271 g/mol. The maximum atomic E-state index is 11.9. The van der Waals surface area contributed by atoms with Crippen molar-refractivity contribution in [1.82, 2.24) is 5.32 Å². The molecule has 1 aliphatic heterocycles. The number of alkyl halides is 3. The molecule has 0 bridgehead atoms. The molecule has 0 aromatic rings. The van der Waals surface area contributed by atoms with Gasteiger partial charge in [0.15, 0.2) is 0 Å². The number of amides is 1. The summed E-state index contributed by atoms with van der Waals surface area (Å²) in [6.45, 7) is 0. The Morgan fingerprint density at radius 3 is 2.47 bits per heavy atom. The molecular weight excluding hydrogens is 259 g/mol. The maximum absolute atomic E-state index is 11.9. The van der Waals surface area contributed by atoms with Gasteiger partial charge in [-0.05, 0) is 12.2 Å². The van der Waals surface area contributed by atoms with Gasteiger partial charge in [-0.1, -0.05) is 0 Å². The van der Waals surface area contributed by atoms with Gasteiger partial charge < -0.3 is 10.4 Å². The van der Waals surface area contributed by atoms with E-state index in [0.29, 0.717) is 5.75 Å². The van der Waals surface area contributed by atoms with Crippen molar-refractivity contribution in [1.29, 1.82) is 0 Å². The molecule has 0 spiro atoms. The molecule has 1 fully saturated rings. The first-order valence-corrected chi connectivity index (χ1v) is 6.10. The summed E-state index contributed by atoms with van der Waals surface area (Å²) in [5.41, 5.74) is -1.40. The van der Waals surface area contributed by atoms with E-state index in [1.54, 1.807) is 0 Å². The Morgan fingerprint density at radius 2 is 2.06 bits per heavy atom. The number of hydrogen-bond donors (Lipinski definition) is 2. The average Bonchev–Trinajstić information content (AvgIpc) is 2.63. The molecule has 1 rings (SSSR count). The van der Waals surface area contributed by atoms with E-state index in [4.69, 9.17) is 5.11 Å². The summed E-state index contributed by atoms with van der Waals surface area (Å²) < 4.78 is 35.6. The van der Waals surface area contributed by atoms with Crippen LogP contribution in [0.25, 0.3) is 0 Å². The lowest BCUT2D eigenvalue weighted by molar-refractivity contribution is -0.149. The van der Waals surface area contributed by atoms with Gasteiger partial charge >= 0.3 is 12.1 Å². The van der Waals surface area contributed by atoms with Gasteiger partial charge in [-0.15, -0.1) is 0 Å². The SMILES string of the molecule is O=C(CCC(F)(F)F)NC1(C(=O)O)CCSC1. The van der Waals surface area contributed by atoms with E-state index in [0.717, 1.165) is 0 Å². The quantitative estimate of drug-likeness (QED) is 0.811. The lowest BCUT2D eigenvalue weighted by Gasteiger charge is -2.24. The van der Waals surface area contributed by atoms with Crippen LogP contribution in [-0.4, -0.2) is 40.2 Å². The van der Waals surface area contributed by atoms with Crippen LogP contribution in [0.5, 0.6) is 0 Å². The van der Waals surface area contributed by atoms with E-state index in [9.17, 15) is 22.8 Å². The van der Waals surface area contributed by atoms with Crippen molar-refractivity contribution in [3.8, 4) is 0 Å². The predicted molar refractivity (Wildman–Crippen MR) is 55.7 cm³/mol. The Bertz CT molecular complexity index is 313.